The van der Waals surface area contributed by atoms with Crippen LogP contribution in [0.3, 0.4) is 0 Å². The third kappa shape index (κ3) is 7.23. The van der Waals surface area contributed by atoms with E-state index in [1.165, 1.54) is 24.3 Å². The summed E-state index contributed by atoms with van der Waals surface area (Å²) in [7, 11) is -7.50. The first kappa shape index (κ1) is 29.8. The van der Waals surface area contributed by atoms with E-state index >= 15 is 0 Å². The Morgan fingerprint density at radius 2 is 1.43 bits per heavy atom. The number of sulfone groups is 1. The van der Waals surface area contributed by atoms with Crippen molar-refractivity contribution in [3.8, 4) is 11.5 Å². The Kier molecular flexibility index (Phi) is 9.65. The molecule has 1 heterocycles. The number of fused-ring (bicyclic) bond motifs is 1. The molecule has 192 valence electrons. The van der Waals surface area contributed by atoms with Gasteiger partial charge in [0.1, 0.15) is 0 Å². The molecule has 8 nitrogen and oxygen atoms in total. The van der Waals surface area contributed by atoms with Crippen LogP contribution in [0, 0.1) is 0 Å². The zero-order chi connectivity index (χ0) is 26.1. The molecule has 4 rings (SSSR count). The molecule has 0 bridgehead atoms. The number of sulfonamides is 1. The molecule has 3 aromatic carbocycles. The summed E-state index contributed by atoms with van der Waals surface area (Å²) in [6.45, 7) is 4.07. The van der Waals surface area contributed by atoms with Crippen LogP contribution in [-0.4, -0.2) is 35.8 Å². The van der Waals surface area contributed by atoms with Crippen LogP contribution in [0.2, 0.25) is 0 Å². The average molecular weight is 570 g/mol. The molecule has 1 unspecified atom stereocenters. The molecule has 0 aliphatic carbocycles. The molecular formula is C26H28KNO7S2. The summed E-state index contributed by atoms with van der Waals surface area (Å²) in [6, 6.07) is 17.6. The van der Waals surface area contributed by atoms with E-state index in [0.717, 1.165) is 11.8 Å². The van der Waals surface area contributed by atoms with Gasteiger partial charge in [0.15, 0.2) is 21.3 Å². The van der Waals surface area contributed by atoms with E-state index in [2.05, 4.69) is 4.72 Å². The topological polar surface area (TPSA) is 116 Å². The quantitative estimate of drug-likeness (QED) is 0.401. The van der Waals surface area contributed by atoms with Gasteiger partial charge in [-0.2, -0.15) is 0 Å². The number of amides is 1. The van der Waals surface area contributed by atoms with E-state index in [4.69, 9.17) is 9.47 Å². The number of carbonyl (C=O) groups excluding carboxylic acids is 1. The summed E-state index contributed by atoms with van der Waals surface area (Å²) in [6.07, 6.45) is 1.25. The molecule has 0 radical (unpaired) electrons. The predicted molar refractivity (Wildman–Crippen MR) is 136 cm³/mol. The second kappa shape index (κ2) is 12.0. The van der Waals surface area contributed by atoms with Gasteiger partial charge >= 0.3 is 51.4 Å². The first-order valence-electron chi connectivity index (χ1n) is 11.3. The van der Waals surface area contributed by atoms with Crippen LogP contribution in [0.1, 0.15) is 43.8 Å². The first-order valence-corrected chi connectivity index (χ1v) is 14.7. The fourth-order valence-corrected chi connectivity index (χ4v) is 5.54. The van der Waals surface area contributed by atoms with Crippen LogP contribution >= 0.6 is 0 Å². The SMILES string of the molecule is CC(C)c1ccc(S(=O)(=O)NC(=O)C(Cc2ccc(S(C)(=O)=O)cc2)c2ccc3c(c2)OCO3)cc1.[H-].[K+]. The van der Waals surface area contributed by atoms with Gasteiger partial charge in [0, 0.05) is 6.26 Å². The van der Waals surface area contributed by atoms with E-state index in [1.54, 1.807) is 42.5 Å². The summed E-state index contributed by atoms with van der Waals surface area (Å²) in [4.78, 5) is 13.5. The van der Waals surface area contributed by atoms with Crippen molar-refractivity contribution < 1.29 is 83.9 Å². The van der Waals surface area contributed by atoms with Gasteiger partial charge < -0.3 is 10.9 Å². The maximum atomic E-state index is 13.4. The Morgan fingerprint density at radius 1 is 0.865 bits per heavy atom. The number of hydrogen-bond acceptors (Lipinski definition) is 7. The molecule has 37 heavy (non-hydrogen) atoms. The van der Waals surface area contributed by atoms with E-state index in [-0.39, 0.29) is 81.7 Å². The van der Waals surface area contributed by atoms with Crippen molar-refractivity contribution in [1.82, 2.24) is 4.72 Å². The Labute approximate surface area is 261 Å². The van der Waals surface area contributed by atoms with E-state index in [1.807, 2.05) is 13.8 Å². The van der Waals surface area contributed by atoms with Crippen molar-refractivity contribution in [3.05, 3.63) is 83.4 Å². The number of carbonyl (C=O) groups is 1. The van der Waals surface area contributed by atoms with Crippen molar-refractivity contribution in [1.29, 1.82) is 0 Å². The smallest absolute Gasteiger partial charge is 1.00 e. The van der Waals surface area contributed by atoms with Gasteiger partial charge in [0.25, 0.3) is 10.0 Å². The average Bonchev–Trinajstić information content (AvgIpc) is 3.30. The Morgan fingerprint density at radius 3 is 2.03 bits per heavy atom. The minimum Gasteiger partial charge on any atom is -1.00 e. The molecule has 1 aliphatic heterocycles. The van der Waals surface area contributed by atoms with E-state index in [9.17, 15) is 21.6 Å². The van der Waals surface area contributed by atoms with Crippen molar-refractivity contribution in [3.63, 3.8) is 0 Å². The molecule has 1 atom stereocenters. The molecule has 1 N–H and O–H groups in total. The van der Waals surface area contributed by atoms with Crippen LogP contribution < -0.4 is 65.6 Å². The molecule has 1 aliphatic rings. The van der Waals surface area contributed by atoms with Crippen LogP contribution in [0.4, 0.5) is 0 Å². The summed E-state index contributed by atoms with van der Waals surface area (Å²) < 4.78 is 62.6. The van der Waals surface area contributed by atoms with Crippen molar-refractivity contribution in [2.75, 3.05) is 13.0 Å². The first-order chi connectivity index (χ1) is 16.9. The van der Waals surface area contributed by atoms with Crippen molar-refractivity contribution >= 4 is 25.8 Å². The Balaban J connectivity index is 0.00000253. The Hall–Kier alpha value is -1.73. The molecule has 1 amide bonds. The monoisotopic (exact) mass is 569 g/mol. The molecule has 0 saturated carbocycles. The number of ether oxygens (including phenoxy) is 2. The third-order valence-electron chi connectivity index (χ3n) is 6.00. The number of rotatable bonds is 8. The molecule has 0 fully saturated rings. The maximum absolute atomic E-state index is 13.4. The second-order valence-corrected chi connectivity index (χ2v) is 12.7. The van der Waals surface area contributed by atoms with Crippen LogP contribution in [0.5, 0.6) is 11.5 Å². The fraction of sp³-hybridized carbons (Fsp3) is 0.269. The summed E-state index contributed by atoms with van der Waals surface area (Å²) in [5, 5.41) is 0. The van der Waals surface area contributed by atoms with Crippen molar-refractivity contribution in [2.24, 2.45) is 0 Å². The molecule has 0 aromatic heterocycles. The normalized spacial score (nSPS) is 13.6. The third-order valence-corrected chi connectivity index (χ3v) is 8.49. The molecule has 0 saturated heterocycles. The zero-order valence-electron chi connectivity index (χ0n) is 22.1. The number of benzene rings is 3. The van der Waals surface area contributed by atoms with Crippen molar-refractivity contribution in [2.45, 2.75) is 41.9 Å². The van der Waals surface area contributed by atoms with Gasteiger partial charge in [-0.1, -0.05) is 44.2 Å². The fourth-order valence-electron chi connectivity index (χ4n) is 3.89. The molecule has 3 aromatic rings. The Bertz CT molecular complexity index is 1490. The van der Waals surface area contributed by atoms with Gasteiger partial charge in [0.05, 0.1) is 15.7 Å². The van der Waals surface area contributed by atoms with Gasteiger partial charge in [-0.25, -0.2) is 21.6 Å². The second-order valence-electron chi connectivity index (χ2n) is 8.98. The summed E-state index contributed by atoms with van der Waals surface area (Å²) in [5.74, 6) is -0.374. The number of hydrogen-bond donors (Lipinski definition) is 1. The predicted octanol–water partition coefficient (Wildman–Crippen LogP) is 0.890. The molecule has 0 spiro atoms. The van der Waals surface area contributed by atoms with Crippen LogP contribution in [-0.2, 0) is 31.1 Å². The number of nitrogens with one attached hydrogen (secondary N) is 1. The summed E-state index contributed by atoms with van der Waals surface area (Å²) >= 11 is 0. The van der Waals surface area contributed by atoms with Gasteiger partial charge in [-0.3, -0.25) is 4.79 Å². The van der Waals surface area contributed by atoms with E-state index < -0.39 is 31.7 Å². The zero-order valence-corrected chi connectivity index (χ0v) is 25.9. The largest absolute Gasteiger partial charge is 1.00 e. The molecule has 11 heteroatoms. The van der Waals surface area contributed by atoms with Crippen LogP contribution in [0.25, 0.3) is 0 Å². The minimum atomic E-state index is -4.12. The van der Waals surface area contributed by atoms with Gasteiger partial charge in [0.2, 0.25) is 12.7 Å². The maximum Gasteiger partial charge on any atom is 1.00 e. The minimum absolute atomic E-state index is 0. The summed E-state index contributed by atoms with van der Waals surface area (Å²) in [5.41, 5.74) is 2.18. The van der Waals surface area contributed by atoms with Crippen LogP contribution in [0.15, 0.2) is 76.5 Å². The van der Waals surface area contributed by atoms with E-state index in [0.29, 0.717) is 22.6 Å². The molecular weight excluding hydrogens is 542 g/mol. The van der Waals surface area contributed by atoms with Gasteiger partial charge in [-0.05, 0) is 65.4 Å². The van der Waals surface area contributed by atoms with Gasteiger partial charge in [-0.15, -0.1) is 0 Å². The standard InChI is InChI=1S/C26H27NO7S2.K.H/c1-17(2)19-6-11-22(12-7-19)36(31,32)27-26(28)23(20-8-13-24-25(15-20)34-16-33-24)14-18-4-9-21(10-5-18)35(3,29)30;;/h4-13,15,17,23H,14,16H2,1-3H3,(H,27,28);;/q;+1;-1.